The Hall–Kier alpha value is -2.76. The lowest BCUT2D eigenvalue weighted by atomic mass is 9.72. The minimum absolute atomic E-state index is 0.171. The molecule has 0 aliphatic heterocycles. The molecule has 0 aromatic heterocycles. The predicted octanol–water partition coefficient (Wildman–Crippen LogP) is 9.03. The third-order valence-electron chi connectivity index (χ3n) is 20.2. The molecule has 14 heteroatoms. The molecule has 14 nitrogen and oxygen atoms in total. The molecule has 0 atom stereocenters. The molecule has 0 saturated heterocycles. The molecule has 0 unspecified atom stereocenters. The van der Waals surface area contributed by atoms with Crippen molar-refractivity contribution in [3.8, 4) is 0 Å². The van der Waals surface area contributed by atoms with Crippen LogP contribution in [-0.2, 0) is 0 Å². The lowest BCUT2D eigenvalue weighted by Crippen LogP contribution is -2.57. The number of aliphatic hydroxyl groups is 10. The van der Waals surface area contributed by atoms with Crippen molar-refractivity contribution in [3.63, 3.8) is 0 Å². The van der Waals surface area contributed by atoms with Gasteiger partial charge in [0.25, 0.3) is 0 Å². The first-order valence-corrected chi connectivity index (χ1v) is 31.2. The van der Waals surface area contributed by atoms with Gasteiger partial charge in [-0.15, -0.1) is 0 Å². The van der Waals surface area contributed by atoms with Crippen molar-refractivity contribution < 1.29 is 51.1 Å². The van der Waals surface area contributed by atoms with Crippen molar-refractivity contribution in [3.05, 3.63) is 48.5 Å². The molecule has 10 N–H and O–H groups in total. The second kappa shape index (κ2) is 25.4. The van der Waals surface area contributed by atoms with Crippen LogP contribution in [0.3, 0.4) is 0 Å². The molecule has 5 fully saturated rings. The lowest BCUT2D eigenvalue weighted by molar-refractivity contribution is -0.0903. The van der Waals surface area contributed by atoms with Crippen LogP contribution in [0.1, 0.15) is 221 Å². The average molecular weight is 1090 g/mol. The fraction of sp³-hybridized carbons (Fsp3) is 0.812. The van der Waals surface area contributed by atoms with E-state index in [0.717, 1.165) is 61.5 Å². The minimum atomic E-state index is -1.26. The summed E-state index contributed by atoms with van der Waals surface area (Å²) in [6.07, 6.45) is 14.7. The van der Waals surface area contributed by atoms with E-state index in [1.807, 2.05) is 36.4 Å². The van der Waals surface area contributed by atoms with Crippen molar-refractivity contribution >= 4 is 22.7 Å². The SMILES string of the molecule is CCCC1(O)CCC(O)(CN(CC2(O)CCC(O)(CCC)CC2)c2cccc(N(CC3(O)CCC(O)(CCC)CC3)CC3(O)CCC(O)(CN(CC4(O)CCC(O)(CCC)CC4)c4cccc(N(CC)CC)c4)CC3)c2)CC1. The zero-order chi connectivity index (χ0) is 56.7. The number of benzene rings is 2. The molecule has 0 bridgehead atoms. The summed E-state index contributed by atoms with van der Waals surface area (Å²) in [5.41, 5.74) is -6.63. The first kappa shape index (κ1) is 62.8. The van der Waals surface area contributed by atoms with Crippen LogP contribution in [0, 0.1) is 0 Å². The van der Waals surface area contributed by atoms with Crippen LogP contribution in [0.15, 0.2) is 48.5 Å². The highest BCUT2D eigenvalue weighted by molar-refractivity contribution is 5.61. The number of hydrogen-bond donors (Lipinski definition) is 10. The quantitative estimate of drug-likeness (QED) is 0.0426. The van der Waals surface area contributed by atoms with E-state index in [-0.39, 0.29) is 45.6 Å². The second-order valence-electron chi connectivity index (χ2n) is 27.0. The number of nitrogens with zero attached hydrogens (tertiary/aromatic N) is 4. The van der Waals surface area contributed by atoms with Gasteiger partial charge in [-0.2, -0.15) is 0 Å². The van der Waals surface area contributed by atoms with E-state index in [2.05, 4.69) is 73.3 Å². The molecule has 2 aromatic carbocycles. The van der Waals surface area contributed by atoms with Gasteiger partial charge in [0.05, 0.1) is 56.0 Å². The maximum Gasteiger partial charge on any atom is 0.0824 e. The van der Waals surface area contributed by atoms with Crippen LogP contribution < -0.4 is 19.6 Å². The van der Waals surface area contributed by atoms with Gasteiger partial charge in [-0.1, -0.05) is 65.5 Å². The molecule has 5 aliphatic carbocycles. The molecule has 444 valence electrons. The summed E-state index contributed by atoms with van der Waals surface area (Å²) >= 11 is 0. The predicted molar refractivity (Wildman–Crippen MR) is 315 cm³/mol. The van der Waals surface area contributed by atoms with Gasteiger partial charge in [0, 0.05) is 75.1 Å². The molecule has 0 radical (unpaired) electrons. The van der Waals surface area contributed by atoms with Crippen LogP contribution in [-0.4, -0.2) is 159 Å². The Morgan fingerprint density at radius 1 is 0.269 bits per heavy atom. The Kier molecular flexibility index (Phi) is 20.5. The molecule has 5 saturated carbocycles. The van der Waals surface area contributed by atoms with E-state index in [1.54, 1.807) is 0 Å². The molecule has 78 heavy (non-hydrogen) atoms. The molecule has 5 aliphatic rings. The van der Waals surface area contributed by atoms with Gasteiger partial charge in [-0.3, -0.25) is 0 Å². The molecular formula is C64H108N4O10. The Morgan fingerprint density at radius 2 is 0.436 bits per heavy atom. The van der Waals surface area contributed by atoms with Crippen LogP contribution in [0.5, 0.6) is 0 Å². The fourth-order valence-electron chi connectivity index (χ4n) is 14.9. The maximum absolute atomic E-state index is 12.9. The van der Waals surface area contributed by atoms with E-state index in [0.29, 0.717) is 148 Å². The summed E-state index contributed by atoms with van der Waals surface area (Å²) in [4.78, 5) is 8.59. The number of rotatable bonds is 26. The van der Waals surface area contributed by atoms with Gasteiger partial charge in [0.1, 0.15) is 0 Å². The van der Waals surface area contributed by atoms with Crippen molar-refractivity contribution in [2.75, 3.05) is 72.0 Å². The average Bonchev–Trinajstić information content (AvgIpc) is 3.40. The van der Waals surface area contributed by atoms with Gasteiger partial charge in [-0.05, 0) is 204 Å². The van der Waals surface area contributed by atoms with Crippen LogP contribution in [0.25, 0.3) is 0 Å². The van der Waals surface area contributed by atoms with Crippen LogP contribution in [0.2, 0.25) is 0 Å². The summed E-state index contributed by atoms with van der Waals surface area (Å²) in [5, 5.41) is 121. The molecule has 2 aromatic rings. The summed E-state index contributed by atoms with van der Waals surface area (Å²) in [6, 6.07) is 16.3. The highest BCUT2D eigenvalue weighted by Gasteiger charge is 2.49. The standard InChI is InChI=1S/C64H108N4O10/c1-7-19-55(69)23-31-59(73,32-24-55)45-66(52-16-13-15-51(43-52)65(11-5)12-6)49-63(77)39-41-64(78,42-40-63)50-68(48-62(76)37-29-58(72,22-10-4)30-38-62)54-18-14-17-53(44-54)67(46-60(74)33-25-56(70,20-8-2)26-34-60)47-61(75)35-27-57(71,21-9-3)28-36-61/h13-18,43-44,69-78H,7-12,19-42,45-50H2,1-6H3. The minimum Gasteiger partial charge on any atom is -0.390 e. The molecule has 0 spiro atoms. The molecule has 7 rings (SSSR count). The van der Waals surface area contributed by atoms with E-state index in [4.69, 9.17) is 0 Å². The Labute approximate surface area is 469 Å². The maximum atomic E-state index is 12.9. The number of hydrogen-bond acceptors (Lipinski definition) is 14. The highest BCUT2D eigenvalue weighted by Crippen LogP contribution is 2.46. The second-order valence-corrected chi connectivity index (χ2v) is 27.0. The molecular weight excluding hydrogens is 985 g/mol. The Bertz CT molecular complexity index is 2120. The Balaban J connectivity index is 1.16. The summed E-state index contributed by atoms with van der Waals surface area (Å²) < 4.78 is 0. The fourth-order valence-corrected chi connectivity index (χ4v) is 14.9. The largest absolute Gasteiger partial charge is 0.390 e. The van der Waals surface area contributed by atoms with Crippen molar-refractivity contribution in [2.45, 2.75) is 277 Å². The number of anilines is 4. The van der Waals surface area contributed by atoms with Crippen molar-refractivity contribution in [1.82, 2.24) is 0 Å². The summed E-state index contributed by atoms with van der Waals surface area (Å²) in [7, 11) is 0. The summed E-state index contributed by atoms with van der Waals surface area (Å²) in [6.45, 7) is 15.6. The van der Waals surface area contributed by atoms with E-state index >= 15 is 0 Å². The third kappa shape index (κ3) is 16.3. The van der Waals surface area contributed by atoms with Crippen LogP contribution in [0.4, 0.5) is 22.7 Å². The van der Waals surface area contributed by atoms with E-state index < -0.39 is 56.0 Å². The van der Waals surface area contributed by atoms with Gasteiger partial charge in [0.2, 0.25) is 0 Å². The highest BCUT2D eigenvalue weighted by atomic mass is 16.3. The lowest BCUT2D eigenvalue weighted by Gasteiger charge is -2.49. The third-order valence-corrected chi connectivity index (χ3v) is 20.2. The van der Waals surface area contributed by atoms with Crippen molar-refractivity contribution in [2.24, 2.45) is 0 Å². The van der Waals surface area contributed by atoms with Gasteiger partial charge < -0.3 is 70.7 Å². The summed E-state index contributed by atoms with van der Waals surface area (Å²) in [5.74, 6) is 0. The zero-order valence-corrected chi connectivity index (χ0v) is 49.3. The first-order valence-electron chi connectivity index (χ1n) is 31.2. The zero-order valence-electron chi connectivity index (χ0n) is 49.3. The monoisotopic (exact) mass is 1090 g/mol. The van der Waals surface area contributed by atoms with Gasteiger partial charge in [0.15, 0.2) is 0 Å². The Morgan fingerprint density at radius 3 is 0.603 bits per heavy atom. The molecule has 0 amide bonds. The topological polar surface area (TPSA) is 215 Å². The smallest absolute Gasteiger partial charge is 0.0824 e. The first-order chi connectivity index (χ1) is 36.7. The van der Waals surface area contributed by atoms with E-state index in [1.165, 1.54) is 0 Å². The van der Waals surface area contributed by atoms with Gasteiger partial charge in [-0.25, -0.2) is 0 Å². The van der Waals surface area contributed by atoms with E-state index in [9.17, 15) is 51.1 Å². The normalized spacial score (nSPS) is 36.5. The van der Waals surface area contributed by atoms with Gasteiger partial charge >= 0.3 is 0 Å². The van der Waals surface area contributed by atoms with Crippen LogP contribution >= 0.6 is 0 Å². The molecule has 0 heterocycles. The van der Waals surface area contributed by atoms with Crippen molar-refractivity contribution in [1.29, 1.82) is 0 Å².